The lowest BCUT2D eigenvalue weighted by atomic mass is 10.1. The highest BCUT2D eigenvalue weighted by Gasteiger charge is 2.36. The lowest BCUT2D eigenvalue weighted by Crippen LogP contribution is -2.23. The SMILES string of the molecule is O=C1c2cccc(OC(F)(F)F)c2CN1Cc1ccccc1. The van der Waals surface area contributed by atoms with Crippen molar-refractivity contribution in [3.8, 4) is 5.75 Å². The standard InChI is InChI=1S/C16H12F3NO2/c17-16(18,19)22-14-8-4-7-12-13(14)10-20(15(12)21)9-11-5-2-1-3-6-11/h1-8H,9-10H2. The highest BCUT2D eigenvalue weighted by molar-refractivity contribution is 5.99. The van der Waals surface area contributed by atoms with E-state index >= 15 is 0 Å². The van der Waals surface area contributed by atoms with E-state index in [4.69, 9.17) is 0 Å². The predicted molar refractivity (Wildman–Crippen MR) is 73.1 cm³/mol. The van der Waals surface area contributed by atoms with Gasteiger partial charge in [-0.15, -0.1) is 13.2 Å². The Labute approximate surface area is 124 Å². The van der Waals surface area contributed by atoms with Gasteiger partial charge in [-0.25, -0.2) is 0 Å². The second-order valence-electron chi connectivity index (χ2n) is 4.98. The molecule has 1 amide bonds. The van der Waals surface area contributed by atoms with Gasteiger partial charge in [0.05, 0.1) is 6.54 Å². The molecule has 0 unspecified atom stereocenters. The molecule has 0 saturated heterocycles. The van der Waals surface area contributed by atoms with E-state index in [1.807, 2.05) is 30.3 Å². The van der Waals surface area contributed by atoms with Crippen molar-refractivity contribution in [2.45, 2.75) is 19.5 Å². The molecule has 0 radical (unpaired) electrons. The zero-order valence-corrected chi connectivity index (χ0v) is 11.4. The lowest BCUT2D eigenvalue weighted by Gasteiger charge is -2.16. The van der Waals surface area contributed by atoms with Crippen LogP contribution in [0.2, 0.25) is 0 Å². The Hall–Kier alpha value is -2.50. The van der Waals surface area contributed by atoms with E-state index in [0.29, 0.717) is 6.54 Å². The average molecular weight is 307 g/mol. The summed E-state index contributed by atoms with van der Waals surface area (Å²) in [5, 5.41) is 0. The fourth-order valence-corrected chi connectivity index (χ4v) is 2.51. The van der Waals surface area contributed by atoms with E-state index in [1.54, 1.807) is 0 Å². The Bertz CT molecular complexity index is 698. The maximum absolute atomic E-state index is 12.4. The number of ether oxygens (including phenoxy) is 1. The molecule has 3 rings (SSSR count). The first-order valence-corrected chi connectivity index (χ1v) is 6.65. The van der Waals surface area contributed by atoms with Crippen molar-refractivity contribution in [3.63, 3.8) is 0 Å². The van der Waals surface area contributed by atoms with E-state index in [0.717, 1.165) is 5.56 Å². The largest absolute Gasteiger partial charge is 0.573 e. The molecule has 2 aromatic carbocycles. The highest BCUT2D eigenvalue weighted by atomic mass is 19.4. The first kappa shape index (κ1) is 14.4. The van der Waals surface area contributed by atoms with Gasteiger partial charge in [0.2, 0.25) is 0 Å². The van der Waals surface area contributed by atoms with Gasteiger partial charge in [0.15, 0.2) is 0 Å². The van der Waals surface area contributed by atoms with Crippen LogP contribution in [-0.2, 0) is 13.1 Å². The van der Waals surface area contributed by atoms with Crippen LogP contribution in [0, 0.1) is 0 Å². The molecule has 0 atom stereocenters. The van der Waals surface area contributed by atoms with Crippen LogP contribution in [0.1, 0.15) is 21.5 Å². The van der Waals surface area contributed by atoms with Crippen molar-refractivity contribution in [1.82, 2.24) is 4.90 Å². The minimum Gasteiger partial charge on any atom is -0.405 e. The molecule has 0 spiro atoms. The molecule has 22 heavy (non-hydrogen) atoms. The zero-order chi connectivity index (χ0) is 15.7. The second kappa shape index (κ2) is 5.36. The summed E-state index contributed by atoms with van der Waals surface area (Å²) >= 11 is 0. The van der Waals surface area contributed by atoms with Gasteiger partial charge in [0, 0.05) is 17.7 Å². The number of amides is 1. The van der Waals surface area contributed by atoms with Crippen LogP contribution >= 0.6 is 0 Å². The summed E-state index contributed by atoms with van der Waals surface area (Å²) in [6, 6.07) is 13.4. The number of halogens is 3. The molecular weight excluding hydrogens is 295 g/mol. The molecule has 6 heteroatoms. The van der Waals surface area contributed by atoms with Crippen LogP contribution in [-0.4, -0.2) is 17.2 Å². The number of nitrogens with zero attached hydrogens (tertiary/aromatic N) is 1. The van der Waals surface area contributed by atoms with Crippen molar-refractivity contribution < 1.29 is 22.7 Å². The summed E-state index contributed by atoms with van der Waals surface area (Å²) in [6.45, 7) is 0.453. The number of fused-ring (bicyclic) bond motifs is 1. The number of carbonyl (C=O) groups is 1. The van der Waals surface area contributed by atoms with Crippen LogP contribution < -0.4 is 4.74 Å². The van der Waals surface area contributed by atoms with Crippen molar-refractivity contribution in [2.24, 2.45) is 0 Å². The fourth-order valence-electron chi connectivity index (χ4n) is 2.51. The normalized spacial score (nSPS) is 14.1. The summed E-state index contributed by atoms with van der Waals surface area (Å²) in [5.74, 6) is -0.597. The van der Waals surface area contributed by atoms with E-state index < -0.39 is 6.36 Å². The Morgan fingerprint density at radius 3 is 2.45 bits per heavy atom. The van der Waals surface area contributed by atoms with Gasteiger partial charge in [0.1, 0.15) is 5.75 Å². The first-order valence-electron chi connectivity index (χ1n) is 6.65. The average Bonchev–Trinajstić information content (AvgIpc) is 2.77. The number of alkyl halides is 3. The lowest BCUT2D eigenvalue weighted by molar-refractivity contribution is -0.274. The molecule has 0 N–H and O–H groups in total. The molecule has 0 fully saturated rings. The van der Waals surface area contributed by atoms with E-state index in [9.17, 15) is 18.0 Å². The molecule has 0 aliphatic carbocycles. The summed E-state index contributed by atoms with van der Waals surface area (Å²) < 4.78 is 41.3. The van der Waals surface area contributed by atoms with E-state index in [1.165, 1.54) is 23.1 Å². The first-order chi connectivity index (χ1) is 10.4. The number of hydrogen-bond acceptors (Lipinski definition) is 2. The molecule has 1 aliphatic heterocycles. The van der Waals surface area contributed by atoms with Crippen LogP contribution in [0.3, 0.4) is 0 Å². The summed E-state index contributed by atoms with van der Waals surface area (Å²) in [5.41, 5.74) is 1.46. The van der Waals surface area contributed by atoms with E-state index in [2.05, 4.69) is 4.74 Å². The molecule has 114 valence electrons. The number of carbonyl (C=O) groups excluding carboxylic acids is 1. The monoisotopic (exact) mass is 307 g/mol. The molecule has 0 bridgehead atoms. The second-order valence-corrected chi connectivity index (χ2v) is 4.98. The Morgan fingerprint density at radius 1 is 1.05 bits per heavy atom. The zero-order valence-electron chi connectivity index (χ0n) is 11.4. The number of benzene rings is 2. The summed E-state index contributed by atoms with van der Waals surface area (Å²) in [6.07, 6.45) is -4.77. The van der Waals surface area contributed by atoms with Crippen molar-refractivity contribution >= 4 is 5.91 Å². The Kier molecular flexibility index (Phi) is 3.52. The van der Waals surface area contributed by atoms with E-state index in [-0.39, 0.29) is 29.3 Å². The molecule has 1 aliphatic rings. The summed E-state index contributed by atoms with van der Waals surface area (Å²) in [4.78, 5) is 13.8. The van der Waals surface area contributed by atoms with Gasteiger partial charge in [-0.1, -0.05) is 36.4 Å². The van der Waals surface area contributed by atoms with Crippen LogP contribution in [0.15, 0.2) is 48.5 Å². The smallest absolute Gasteiger partial charge is 0.405 e. The fraction of sp³-hybridized carbons (Fsp3) is 0.188. The predicted octanol–water partition coefficient (Wildman–Crippen LogP) is 3.74. The van der Waals surface area contributed by atoms with Crippen LogP contribution in [0.25, 0.3) is 0 Å². The Morgan fingerprint density at radius 2 is 1.77 bits per heavy atom. The third-order valence-electron chi connectivity index (χ3n) is 3.44. The van der Waals surface area contributed by atoms with Gasteiger partial charge in [-0.3, -0.25) is 4.79 Å². The molecule has 3 nitrogen and oxygen atoms in total. The van der Waals surface area contributed by atoms with Gasteiger partial charge in [-0.05, 0) is 17.7 Å². The molecule has 2 aromatic rings. The third kappa shape index (κ3) is 2.90. The quantitative estimate of drug-likeness (QED) is 0.864. The maximum atomic E-state index is 12.4. The topological polar surface area (TPSA) is 29.5 Å². The molecular formula is C16H12F3NO2. The summed E-state index contributed by atoms with van der Waals surface area (Å²) in [7, 11) is 0. The molecule has 0 aromatic heterocycles. The van der Waals surface area contributed by atoms with Crippen molar-refractivity contribution in [1.29, 1.82) is 0 Å². The number of rotatable bonds is 3. The van der Waals surface area contributed by atoms with Crippen molar-refractivity contribution in [3.05, 3.63) is 65.2 Å². The van der Waals surface area contributed by atoms with Gasteiger partial charge < -0.3 is 9.64 Å². The van der Waals surface area contributed by atoms with Gasteiger partial charge >= 0.3 is 6.36 Å². The minimum atomic E-state index is -4.77. The highest BCUT2D eigenvalue weighted by Crippen LogP contribution is 2.34. The maximum Gasteiger partial charge on any atom is 0.573 e. The van der Waals surface area contributed by atoms with Crippen LogP contribution in [0.4, 0.5) is 13.2 Å². The van der Waals surface area contributed by atoms with Crippen molar-refractivity contribution in [2.75, 3.05) is 0 Å². The third-order valence-corrected chi connectivity index (χ3v) is 3.44. The van der Waals surface area contributed by atoms with Gasteiger partial charge in [-0.2, -0.15) is 0 Å². The number of hydrogen-bond donors (Lipinski definition) is 0. The Balaban J connectivity index is 1.85. The molecule has 0 saturated carbocycles. The van der Waals surface area contributed by atoms with Crippen LogP contribution in [0.5, 0.6) is 5.75 Å². The van der Waals surface area contributed by atoms with Gasteiger partial charge in [0.25, 0.3) is 5.91 Å². The molecule has 1 heterocycles. The minimum absolute atomic E-state index is 0.106.